The summed E-state index contributed by atoms with van der Waals surface area (Å²) in [4.78, 5) is 0. The minimum Gasteiger partial charge on any atom is -0.330 e. The Labute approximate surface area is 72.1 Å². The fourth-order valence-corrected chi connectivity index (χ4v) is 1.59. The zero-order valence-electron chi connectivity index (χ0n) is 6.74. The van der Waals surface area contributed by atoms with Crippen LogP contribution in [-0.2, 0) is 0 Å². The molecule has 1 saturated carbocycles. The van der Waals surface area contributed by atoms with Crippen molar-refractivity contribution in [1.29, 1.82) is 0 Å². The summed E-state index contributed by atoms with van der Waals surface area (Å²) in [5.41, 5.74) is 4.89. The number of rotatable bonds is 2. The van der Waals surface area contributed by atoms with Gasteiger partial charge in [-0.3, -0.25) is 0 Å². The molecule has 1 unspecified atom stereocenters. The van der Waals surface area contributed by atoms with Crippen LogP contribution >= 0.6 is 0 Å². The van der Waals surface area contributed by atoms with Crippen LogP contribution in [0.25, 0.3) is 0 Å². The predicted octanol–water partition coefficient (Wildman–Crippen LogP) is 2.17. The van der Waals surface area contributed by atoms with Crippen molar-refractivity contribution in [2.24, 2.45) is 17.6 Å². The van der Waals surface area contributed by atoms with Crippen LogP contribution in [0.15, 0.2) is 0 Å². The lowest BCUT2D eigenvalue weighted by Gasteiger charge is -2.40. The van der Waals surface area contributed by atoms with Gasteiger partial charge in [-0.25, -0.2) is 8.78 Å². The molecule has 1 aliphatic rings. The molecule has 0 aliphatic heterocycles. The summed E-state index contributed by atoms with van der Waals surface area (Å²) >= 11 is 0. The number of alkyl halides is 5. The first kappa shape index (κ1) is 10.7. The molecule has 1 nitrogen and oxygen atoms in total. The van der Waals surface area contributed by atoms with E-state index in [0.717, 1.165) is 0 Å². The average Bonchev–Trinajstić information content (AvgIpc) is 1.81. The normalized spacial score (nSPS) is 25.4. The van der Waals surface area contributed by atoms with Crippen molar-refractivity contribution >= 4 is 0 Å². The van der Waals surface area contributed by atoms with Gasteiger partial charge in [-0.2, -0.15) is 13.2 Å². The Morgan fingerprint density at radius 2 is 1.77 bits per heavy atom. The van der Waals surface area contributed by atoms with Gasteiger partial charge in [0.15, 0.2) is 0 Å². The molecule has 13 heavy (non-hydrogen) atoms. The highest BCUT2D eigenvalue weighted by Gasteiger charge is 2.55. The largest absolute Gasteiger partial charge is 0.393 e. The Kier molecular flexibility index (Phi) is 2.53. The Morgan fingerprint density at radius 1 is 1.31 bits per heavy atom. The van der Waals surface area contributed by atoms with Gasteiger partial charge in [0, 0.05) is 19.4 Å². The molecule has 0 aromatic heterocycles. The van der Waals surface area contributed by atoms with Crippen molar-refractivity contribution in [2.75, 3.05) is 6.54 Å². The highest BCUT2D eigenvalue weighted by atomic mass is 19.4. The van der Waals surface area contributed by atoms with Crippen molar-refractivity contribution in [1.82, 2.24) is 0 Å². The van der Waals surface area contributed by atoms with Crippen LogP contribution in [0.4, 0.5) is 22.0 Å². The highest BCUT2D eigenvalue weighted by molar-refractivity contribution is 4.92. The molecule has 1 aliphatic carbocycles. The Hall–Kier alpha value is -0.390. The molecule has 1 atom stereocenters. The second kappa shape index (κ2) is 3.08. The van der Waals surface area contributed by atoms with Crippen LogP contribution in [0.2, 0.25) is 0 Å². The number of nitrogens with two attached hydrogens (primary N) is 1. The van der Waals surface area contributed by atoms with Crippen molar-refractivity contribution < 1.29 is 22.0 Å². The van der Waals surface area contributed by atoms with Gasteiger partial charge in [-0.15, -0.1) is 0 Å². The maximum atomic E-state index is 12.3. The first-order valence-electron chi connectivity index (χ1n) is 3.91. The van der Waals surface area contributed by atoms with Crippen LogP contribution < -0.4 is 5.73 Å². The van der Waals surface area contributed by atoms with Gasteiger partial charge in [0.2, 0.25) is 5.92 Å². The van der Waals surface area contributed by atoms with E-state index in [1.165, 1.54) is 0 Å². The van der Waals surface area contributed by atoms with Crippen LogP contribution in [0.5, 0.6) is 0 Å². The average molecular weight is 203 g/mol. The fourth-order valence-electron chi connectivity index (χ4n) is 1.59. The lowest BCUT2D eigenvalue weighted by atomic mass is 9.72. The van der Waals surface area contributed by atoms with Crippen LogP contribution in [0, 0.1) is 11.8 Å². The lowest BCUT2D eigenvalue weighted by Crippen LogP contribution is -2.47. The third-order valence-electron chi connectivity index (χ3n) is 2.37. The molecule has 0 amide bonds. The molecule has 0 heterocycles. The Morgan fingerprint density at radius 3 is 2.00 bits per heavy atom. The molecule has 0 aromatic rings. The summed E-state index contributed by atoms with van der Waals surface area (Å²) in [6.45, 7) is -0.607. The first-order valence-corrected chi connectivity index (χ1v) is 3.91. The van der Waals surface area contributed by atoms with E-state index in [2.05, 4.69) is 0 Å². The van der Waals surface area contributed by atoms with Crippen LogP contribution in [-0.4, -0.2) is 18.6 Å². The molecular weight excluding hydrogens is 193 g/mol. The van der Waals surface area contributed by atoms with Gasteiger partial charge < -0.3 is 5.73 Å². The summed E-state index contributed by atoms with van der Waals surface area (Å²) < 4.78 is 60.9. The molecule has 78 valence electrons. The number of halogens is 5. The van der Waals surface area contributed by atoms with Crippen molar-refractivity contribution in [3.8, 4) is 0 Å². The maximum Gasteiger partial charge on any atom is 0.393 e. The van der Waals surface area contributed by atoms with Gasteiger partial charge in [0.05, 0.1) is 5.92 Å². The summed E-state index contributed by atoms with van der Waals surface area (Å²) in [6.07, 6.45) is -5.82. The second-order valence-corrected chi connectivity index (χ2v) is 3.41. The van der Waals surface area contributed by atoms with E-state index < -0.39 is 43.3 Å². The van der Waals surface area contributed by atoms with Crippen molar-refractivity contribution in [3.05, 3.63) is 0 Å². The smallest absolute Gasteiger partial charge is 0.330 e. The van der Waals surface area contributed by atoms with Crippen LogP contribution in [0.3, 0.4) is 0 Å². The summed E-state index contributed by atoms with van der Waals surface area (Å²) in [6, 6.07) is 0. The van der Waals surface area contributed by atoms with E-state index in [-0.39, 0.29) is 0 Å². The topological polar surface area (TPSA) is 26.0 Å². The quantitative estimate of drug-likeness (QED) is 0.684. The highest BCUT2D eigenvalue weighted by Crippen LogP contribution is 2.49. The third kappa shape index (κ3) is 2.30. The van der Waals surface area contributed by atoms with E-state index >= 15 is 0 Å². The predicted molar refractivity (Wildman–Crippen MR) is 36.3 cm³/mol. The molecular formula is C7H10F5N. The minimum atomic E-state index is -4.45. The van der Waals surface area contributed by atoms with Gasteiger partial charge >= 0.3 is 6.18 Å². The molecule has 0 bridgehead atoms. The standard InChI is InChI=1S/C7H10F5N/c8-6(9)1-4(2-6)5(3-13)7(10,11)12/h4-5H,1-3,13H2. The van der Waals surface area contributed by atoms with E-state index in [1.54, 1.807) is 0 Å². The van der Waals surface area contributed by atoms with Crippen LogP contribution in [0.1, 0.15) is 12.8 Å². The molecule has 1 rings (SSSR count). The summed E-state index contributed by atoms with van der Waals surface area (Å²) in [5.74, 6) is -5.68. The molecule has 1 fully saturated rings. The fraction of sp³-hybridized carbons (Fsp3) is 1.00. The summed E-state index contributed by atoms with van der Waals surface area (Å²) in [7, 11) is 0. The minimum absolute atomic E-state index is 0.607. The Bertz CT molecular complexity index is 180. The third-order valence-corrected chi connectivity index (χ3v) is 2.37. The molecule has 0 aromatic carbocycles. The zero-order chi connectivity index (χ0) is 10.3. The summed E-state index contributed by atoms with van der Waals surface area (Å²) in [5, 5.41) is 0. The van der Waals surface area contributed by atoms with Gasteiger partial charge in [-0.05, 0) is 5.92 Å². The second-order valence-electron chi connectivity index (χ2n) is 3.41. The molecule has 0 saturated heterocycles. The molecule has 0 spiro atoms. The molecule has 0 radical (unpaired) electrons. The SMILES string of the molecule is NCC(C1CC(F)(F)C1)C(F)(F)F. The van der Waals surface area contributed by atoms with Gasteiger partial charge in [0.1, 0.15) is 0 Å². The van der Waals surface area contributed by atoms with E-state index in [1.807, 2.05) is 0 Å². The van der Waals surface area contributed by atoms with Crippen molar-refractivity contribution in [3.63, 3.8) is 0 Å². The maximum absolute atomic E-state index is 12.3. The molecule has 6 heteroatoms. The number of hydrogen-bond acceptors (Lipinski definition) is 1. The van der Waals surface area contributed by atoms with E-state index in [9.17, 15) is 22.0 Å². The number of hydrogen-bond donors (Lipinski definition) is 1. The zero-order valence-corrected chi connectivity index (χ0v) is 6.74. The van der Waals surface area contributed by atoms with Crippen molar-refractivity contribution in [2.45, 2.75) is 24.9 Å². The Balaban J connectivity index is 2.52. The van der Waals surface area contributed by atoms with Gasteiger partial charge in [0.25, 0.3) is 0 Å². The van der Waals surface area contributed by atoms with E-state index in [4.69, 9.17) is 5.73 Å². The first-order chi connectivity index (χ1) is 5.76. The monoisotopic (exact) mass is 203 g/mol. The van der Waals surface area contributed by atoms with Gasteiger partial charge in [-0.1, -0.05) is 0 Å². The molecule has 2 N–H and O–H groups in total. The lowest BCUT2D eigenvalue weighted by molar-refractivity contribution is -0.222. The van der Waals surface area contributed by atoms with E-state index in [0.29, 0.717) is 0 Å².